The van der Waals surface area contributed by atoms with Crippen LogP contribution in [0, 0.1) is 5.92 Å². The molecule has 0 aliphatic heterocycles. The molecule has 0 aromatic rings. The van der Waals surface area contributed by atoms with Crippen molar-refractivity contribution in [2.24, 2.45) is 11.7 Å². The van der Waals surface area contributed by atoms with E-state index in [1.807, 2.05) is 0 Å². The summed E-state index contributed by atoms with van der Waals surface area (Å²) in [4.78, 5) is 11.9. The van der Waals surface area contributed by atoms with E-state index < -0.39 is 0 Å². The first-order chi connectivity index (χ1) is 7.06. The first-order valence-corrected chi connectivity index (χ1v) is 6.02. The minimum Gasteiger partial charge on any atom is -0.393 e. The van der Waals surface area contributed by atoms with Crippen molar-refractivity contribution in [2.75, 3.05) is 6.54 Å². The maximum Gasteiger partial charge on any atom is 0.220 e. The summed E-state index contributed by atoms with van der Waals surface area (Å²) in [5, 5.41) is 2.90. The zero-order valence-electron chi connectivity index (χ0n) is 9.71. The lowest BCUT2D eigenvalue weighted by Crippen LogP contribution is -2.26. The highest BCUT2D eigenvalue weighted by atomic mass is 32.1. The zero-order chi connectivity index (χ0) is 11.7. The molecule has 0 aromatic carbocycles. The number of rotatable bonds is 8. The summed E-state index contributed by atoms with van der Waals surface area (Å²) in [6.45, 7) is 4.92. The van der Waals surface area contributed by atoms with E-state index in [4.69, 9.17) is 18.0 Å². The Morgan fingerprint density at radius 2 is 2.13 bits per heavy atom. The van der Waals surface area contributed by atoms with Crippen LogP contribution in [0.25, 0.3) is 0 Å². The highest BCUT2D eigenvalue weighted by Gasteiger charge is 2.05. The molecule has 3 nitrogen and oxygen atoms in total. The predicted octanol–water partition coefficient (Wildman–Crippen LogP) is 2.00. The molecule has 15 heavy (non-hydrogen) atoms. The van der Waals surface area contributed by atoms with Crippen LogP contribution in [0.3, 0.4) is 0 Å². The molecule has 0 aliphatic carbocycles. The number of hydrogen-bond donors (Lipinski definition) is 2. The topological polar surface area (TPSA) is 55.1 Å². The standard InChI is InChI=1S/C11H22N2OS/c1-3-9(2)8-11(14)13-7-5-4-6-10(12)15/h9H,3-8H2,1-2H3,(H2,12,15)(H,13,14). The van der Waals surface area contributed by atoms with Gasteiger partial charge in [-0.1, -0.05) is 32.5 Å². The summed E-state index contributed by atoms with van der Waals surface area (Å²) in [5.74, 6) is 0.626. The molecule has 0 saturated carbocycles. The van der Waals surface area contributed by atoms with Crippen LogP contribution < -0.4 is 11.1 Å². The average molecular weight is 230 g/mol. The Kier molecular flexibility index (Phi) is 8.28. The molecular formula is C11H22N2OS. The average Bonchev–Trinajstić information content (AvgIpc) is 2.16. The van der Waals surface area contributed by atoms with Gasteiger partial charge in [-0.15, -0.1) is 0 Å². The molecule has 0 saturated heterocycles. The van der Waals surface area contributed by atoms with Crippen molar-refractivity contribution in [1.82, 2.24) is 5.32 Å². The number of nitrogens with two attached hydrogens (primary N) is 1. The quantitative estimate of drug-likeness (QED) is 0.495. The molecule has 1 atom stereocenters. The van der Waals surface area contributed by atoms with E-state index >= 15 is 0 Å². The van der Waals surface area contributed by atoms with Gasteiger partial charge in [-0.25, -0.2) is 0 Å². The van der Waals surface area contributed by atoms with E-state index in [1.54, 1.807) is 0 Å². The number of carbonyl (C=O) groups is 1. The summed E-state index contributed by atoms with van der Waals surface area (Å²) in [7, 11) is 0. The number of nitrogens with one attached hydrogen (secondary N) is 1. The van der Waals surface area contributed by atoms with Crippen molar-refractivity contribution >= 4 is 23.1 Å². The number of thiocarbonyl (C=S) groups is 1. The highest BCUT2D eigenvalue weighted by molar-refractivity contribution is 7.80. The van der Waals surface area contributed by atoms with Crippen LogP contribution in [0.15, 0.2) is 0 Å². The van der Waals surface area contributed by atoms with Crippen LogP contribution in [0.2, 0.25) is 0 Å². The van der Waals surface area contributed by atoms with Crippen molar-refractivity contribution in [1.29, 1.82) is 0 Å². The molecule has 0 rings (SSSR count). The van der Waals surface area contributed by atoms with E-state index in [9.17, 15) is 4.79 Å². The second-order valence-electron chi connectivity index (χ2n) is 3.99. The third-order valence-corrected chi connectivity index (χ3v) is 2.61. The van der Waals surface area contributed by atoms with Gasteiger partial charge < -0.3 is 11.1 Å². The SMILES string of the molecule is CCC(C)CC(=O)NCCCCC(N)=S. The normalized spacial score (nSPS) is 12.1. The summed E-state index contributed by atoms with van der Waals surface area (Å²) >= 11 is 4.76. The Bertz CT molecular complexity index is 207. The molecule has 88 valence electrons. The van der Waals surface area contributed by atoms with Gasteiger partial charge in [0.15, 0.2) is 0 Å². The van der Waals surface area contributed by atoms with Crippen LogP contribution in [0.4, 0.5) is 0 Å². The molecule has 0 bridgehead atoms. The van der Waals surface area contributed by atoms with E-state index in [-0.39, 0.29) is 5.91 Å². The lowest BCUT2D eigenvalue weighted by atomic mass is 10.1. The van der Waals surface area contributed by atoms with Gasteiger partial charge >= 0.3 is 0 Å². The Labute approximate surface area is 97.8 Å². The minimum atomic E-state index is 0.152. The van der Waals surface area contributed by atoms with Crippen LogP contribution in [-0.4, -0.2) is 17.4 Å². The smallest absolute Gasteiger partial charge is 0.220 e. The number of unbranched alkanes of at least 4 members (excludes halogenated alkanes) is 1. The van der Waals surface area contributed by atoms with Gasteiger partial charge in [0.2, 0.25) is 5.91 Å². The summed E-state index contributed by atoms with van der Waals surface area (Å²) in [6, 6.07) is 0. The van der Waals surface area contributed by atoms with Crippen molar-refractivity contribution in [3.63, 3.8) is 0 Å². The molecule has 4 heteroatoms. The fraction of sp³-hybridized carbons (Fsp3) is 0.818. The third-order valence-electron chi connectivity index (χ3n) is 2.40. The summed E-state index contributed by atoms with van der Waals surface area (Å²) in [6.07, 6.45) is 4.36. The molecular weight excluding hydrogens is 208 g/mol. The van der Waals surface area contributed by atoms with Crippen molar-refractivity contribution in [3.05, 3.63) is 0 Å². The monoisotopic (exact) mass is 230 g/mol. The van der Waals surface area contributed by atoms with Gasteiger partial charge in [0, 0.05) is 13.0 Å². The molecule has 0 aliphatic rings. The van der Waals surface area contributed by atoms with Gasteiger partial charge in [0.05, 0.1) is 4.99 Å². The molecule has 0 spiro atoms. The Hall–Kier alpha value is -0.640. The molecule has 1 unspecified atom stereocenters. The summed E-state index contributed by atoms with van der Waals surface area (Å²) < 4.78 is 0. The van der Waals surface area contributed by atoms with Crippen molar-refractivity contribution in [2.45, 2.75) is 46.0 Å². The van der Waals surface area contributed by atoms with Crippen molar-refractivity contribution in [3.8, 4) is 0 Å². The number of carbonyl (C=O) groups excluding carboxylic acids is 1. The van der Waals surface area contributed by atoms with Gasteiger partial charge in [-0.05, 0) is 25.2 Å². The lowest BCUT2D eigenvalue weighted by Gasteiger charge is -2.08. The Morgan fingerprint density at radius 3 is 2.67 bits per heavy atom. The lowest BCUT2D eigenvalue weighted by molar-refractivity contribution is -0.121. The highest BCUT2D eigenvalue weighted by Crippen LogP contribution is 2.05. The molecule has 1 amide bonds. The predicted molar refractivity (Wildman–Crippen MR) is 67.7 cm³/mol. The zero-order valence-corrected chi connectivity index (χ0v) is 10.5. The Morgan fingerprint density at radius 1 is 1.47 bits per heavy atom. The van der Waals surface area contributed by atoms with Gasteiger partial charge in [0.1, 0.15) is 0 Å². The largest absolute Gasteiger partial charge is 0.393 e. The second kappa shape index (κ2) is 8.65. The third kappa shape index (κ3) is 9.66. The first kappa shape index (κ1) is 14.4. The molecule has 0 radical (unpaired) electrons. The maximum absolute atomic E-state index is 11.3. The molecule has 0 aromatic heterocycles. The number of hydrogen-bond acceptors (Lipinski definition) is 2. The van der Waals surface area contributed by atoms with Gasteiger partial charge in [-0.2, -0.15) is 0 Å². The van der Waals surface area contributed by atoms with Crippen LogP contribution in [0.5, 0.6) is 0 Å². The fourth-order valence-electron chi connectivity index (χ4n) is 1.19. The van der Waals surface area contributed by atoms with E-state index in [0.29, 0.717) is 17.3 Å². The number of amides is 1. The van der Waals surface area contributed by atoms with Crippen LogP contribution in [-0.2, 0) is 4.79 Å². The second-order valence-corrected chi connectivity index (χ2v) is 4.52. The van der Waals surface area contributed by atoms with E-state index in [2.05, 4.69) is 19.2 Å². The van der Waals surface area contributed by atoms with E-state index in [1.165, 1.54) is 0 Å². The van der Waals surface area contributed by atoms with Crippen LogP contribution >= 0.6 is 12.2 Å². The Balaban J connectivity index is 3.35. The molecule has 0 fully saturated rings. The van der Waals surface area contributed by atoms with Crippen molar-refractivity contribution < 1.29 is 4.79 Å². The molecule has 0 heterocycles. The fourth-order valence-corrected chi connectivity index (χ4v) is 1.33. The minimum absolute atomic E-state index is 0.152. The van der Waals surface area contributed by atoms with E-state index in [0.717, 1.165) is 32.2 Å². The maximum atomic E-state index is 11.3. The van der Waals surface area contributed by atoms with Crippen LogP contribution in [0.1, 0.15) is 46.0 Å². The summed E-state index contributed by atoms with van der Waals surface area (Å²) in [5.41, 5.74) is 5.36. The van der Waals surface area contributed by atoms with Gasteiger partial charge in [-0.3, -0.25) is 4.79 Å². The first-order valence-electron chi connectivity index (χ1n) is 5.61. The molecule has 3 N–H and O–H groups in total. The van der Waals surface area contributed by atoms with Gasteiger partial charge in [0.25, 0.3) is 0 Å².